The Bertz CT molecular complexity index is 626. The molecule has 1 amide bonds. The number of hydrogen-bond acceptors (Lipinski definition) is 7. The van der Waals surface area contributed by atoms with Gasteiger partial charge in [0.15, 0.2) is 15.7 Å². The van der Waals surface area contributed by atoms with E-state index < -0.39 is 9.84 Å². The van der Waals surface area contributed by atoms with Gasteiger partial charge in [-0.15, -0.1) is 0 Å². The van der Waals surface area contributed by atoms with Crippen molar-refractivity contribution in [3.63, 3.8) is 0 Å². The number of anilines is 2. The van der Waals surface area contributed by atoms with E-state index in [4.69, 9.17) is 5.73 Å². The molecular weight excluding hydrogens is 312 g/mol. The highest BCUT2D eigenvalue weighted by atomic mass is 32.2. The molecule has 118 valence electrons. The fraction of sp³-hybridized carbons (Fsp3) is 0.667. The van der Waals surface area contributed by atoms with E-state index in [9.17, 15) is 13.2 Å². The van der Waals surface area contributed by atoms with Crippen molar-refractivity contribution in [2.75, 3.05) is 42.6 Å². The van der Waals surface area contributed by atoms with E-state index in [0.717, 1.165) is 18.0 Å². The van der Waals surface area contributed by atoms with Crippen LogP contribution in [0.1, 0.15) is 20.3 Å². The molecule has 9 heteroatoms. The summed E-state index contributed by atoms with van der Waals surface area (Å²) < 4.78 is 28.4. The van der Waals surface area contributed by atoms with Gasteiger partial charge in [-0.3, -0.25) is 4.79 Å². The van der Waals surface area contributed by atoms with E-state index in [0.29, 0.717) is 31.2 Å². The molecule has 0 saturated carbocycles. The number of nitrogen functional groups attached to an aromatic ring is 1. The van der Waals surface area contributed by atoms with Crippen LogP contribution in [0, 0.1) is 0 Å². The number of nitrogens with zero attached hydrogens (tertiary/aromatic N) is 3. The summed E-state index contributed by atoms with van der Waals surface area (Å²) in [6, 6.07) is 0. The standard InChI is InChI=1S/C12H20N4O3S2/c1-3-21(18,19)10-11(13)14-20-12(10)16-6-4-5-15(7-8-16)9(2)17/h3-8H2,1-2H3,(H2,13,14). The van der Waals surface area contributed by atoms with Crippen molar-refractivity contribution in [3.05, 3.63) is 0 Å². The lowest BCUT2D eigenvalue weighted by Crippen LogP contribution is -2.33. The number of amides is 1. The predicted molar refractivity (Wildman–Crippen MR) is 83.3 cm³/mol. The minimum absolute atomic E-state index is 0.00394. The Morgan fingerprint density at radius 1 is 1.33 bits per heavy atom. The first kappa shape index (κ1) is 16.0. The Balaban J connectivity index is 2.29. The van der Waals surface area contributed by atoms with E-state index in [1.165, 1.54) is 0 Å². The Labute approximate surface area is 128 Å². The zero-order valence-corrected chi connectivity index (χ0v) is 13.8. The maximum atomic E-state index is 12.2. The molecule has 1 aliphatic rings. The van der Waals surface area contributed by atoms with Crippen molar-refractivity contribution >= 4 is 38.1 Å². The second-order valence-corrected chi connectivity index (χ2v) is 7.92. The average molecular weight is 332 g/mol. The molecule has 2 rings (SSSR count). The summed E-state index contributed by atoms with van der Waals surface area (Å²) in [5.41, 5.74) is 5.75. The number of carbonyl (C=O) groups excluding carboxylic acids is 1. The Morgan fingerprint density at radius 3 is 2.67 bits per heavy atom. The van der Waals surface area contributed by atoms with E-state index in [1.807, 2.05) is 4.90 Å². The predicted octanol–water partition coefficient (Wildman–Crippen LogP) is 0.577. The summed E-state index contributed by atoms with van der Waals surface area (Å²) in [5, 5.41) is 0.597. The van der Waals surface area contributed by atoms with Crippen LogP contribution in [0.4, 0.5) is 10.8 Å². The number of hydrogen-bond donors (Lipinski definition) is 1. The van der Waals surface area contributed by atoms with Crippen molar-refractivity contribution in [3.8, 4) is 0 Å². The third-order valence-electron chi connectivity index (χ3n) is 3.58. The monoisotopic (exact) mass is 332 g/mol. The Kier molecular flexibility index (Phi) is 4.72. The topological polar surface area (TPSA) is 96.6 Å². The van der Waals surface area contributed by atoms with Gasteiger partial charge in [0.05, 0.1) is 5.75 Å². The minimum atomic E-state index is -3.41. The SMILES string of the molecule is CCS(=O)(=O)c1c(N)nsc1N1CCCN(C(C)=O)CC1. The van der Waals surface area contributed by atoms with Crippen LogP contribution in [0.2, 0.25) is 0 Å². The Hall–Kier alpha value is -1.35. The molecule has 0 spiro atoms. The highest BCUT2D eigenvalue weighted by molar-refractivity contribution is 7.91. The first-order valence-electron chi connectivity index (χ1n) is 6.85. The molecule has 2 heterocycles. The number of nitrogens with two attached hydrogens (primary N) is 1. The normalized spacial score (nSPS) is 16.9. The van der Waals surface area contributed by atoms with Crippen LogP contribution in [0.15, 0.2) is 4.90 Å². The lowest BCUT2D eigenvalue weighted by atomic mass is 10.4. The van der Waals surface area contributed by atoms with E-state index in [2.05, 4.69) is 4.37 Å². The summed E-state index contributed by atoms with van der Waals surface area (Å²) in [7, 11) is -3.41. The molecule has 7 nitrogen and oxygen atoms in total. The van der Waals surface area contributed by atoms with Crippen LogP contribution in [-0.4, -0.2) is 55.5 Å². The second kappa shape index (κ2) is 6.18. The molecule has 0 aromatic carbocycles. The maximum Gasteiger partial charge on any atom is 0.219 e. The van der Waals surface area contributed by atoms with Crippen LogP contribution in [-0.2, 0) is 14.6 Å². The maximum absolute atomic E-state index is 12.2. The van der Waals surface area contributed by atoms with Crippen LogP contribution in [0.25, 0.3) is 0 Å². The number of sulfone groups is 1. The largest absolute Gasteiger partial charge is 0.382 e. The quantitative estimate of drug-likeness (QED) is 0.869. The average Bonchev–Trinajstić information content (AvgIpc) is 2.67. The van der Waals surface area contributed by atoms with Crippen molar-refractivity contribution in [1.82, 2.24) is 9.27 Å². The van der Waals surface area contributed by atoms with Crippen molar-refractivity contribution in [1.29, 1.82) is 0 Å². The van der Waals surface area contributed by atoms with Crippen LogP contribution < -0.4 is 10.6 Å². The van der Waals surface area contributed by atoms with E-state index in [-0.39, 0.29) is 22.4 Å². The molecule has 2 N–H and O–H groups in total. The summed E-state index contributed by atoms with van der Waals surface area (Å²) in [6.07, 6.45) is 0.795. The minimum Gasteiger partial charge on any atom is -0.382 e. The number of carbonyl (C=O) groups is 1. The van der Waals surface area contributed by atoms with Gasteiger partial charge in [0.25, 0.3) is 0 Å². The summed E-state index contributed by atoms with van der Waals surface area (Å²) in [6.45, 7) is 5.70. The first-order chi connectivity index (χ1) is 9.86. The third-order valence-corrected chi connectivity index (χ3v) is 6.41. The van der Waals surface area contributed by atoms with Gasteiger partial charge in [-0.1, -0.05) is 6.92 Å². The molecule has 0 radical (unpaired) electrons. The fourth-order valence-electron chi connectivity index (χ4n) is 2.36. The highest BCUT2D eigenvalue weighted by Gasteiger charge is 2.28. The summed E-state index contributed by atoms with van der Waals surface area (Å²) >= 11 is 1.11. The highest BCUT2D eigenvalue weighted by Crippen LogP contribution is 2.35. The number of aromatic nitrogens is 1. The number of rotatable bonds is 3. The van der Waals surface area contributed by atoms with Crippen molar-refractivity contribution in [2.24, 2.45) is 0 Å². The van der Waals surface area contributed by atoms with Gasteiger partial charge < -0.3 is 15.5 Å². The van der Waals surface area contributed by atoms with Gasteiger partial charge in [-0.25, -0.2) is 8.42 Å². The molecule has 1 saturated heterocycles. The lowest BCUT2D eigenvalue weighted by molar-refractivity contribution is -0.128. The van der Waals surface area contributed by atoms with Gasteiger partial charge in [0.2, 0.25) is 5.91 Å². The molecular formula is C12H20N4O3S2. The first-order valence-corrected chi connectivity index (χ1v) is 9.27. The zero-order valence-electron chi connectivity index (χ0n) is 12.2. The molecule has 1 aromatic rings. The molecule has 0 bridgehead atoms. The van der Waals surface area contributed by atoms with Gasteiger partial charge in [-0.05, 0) is 18.0 Å². The molecule has 0 aliphatic carbocycles. The third kappa shape index (κ3) is 3.29. The smallest absolute Gasteiger partial charge is 0.219 e. The second-order valence-electron chi connectivity index (χ2n) is 4.95. The molecule has 1 aliphatic heterocycles. The van der Waals surface area contributed by atoms with Crippen LogP contribution >= 0.6 is 11.5 Å². The van der Waals surface area contributed by atoms with Gasteiger partial charge >= 0.3 is 0 Å². The lowest BCUT2D eigenvalue weighted by Gasteiger charge is -2.22. The molecule has 1 aromatic heterocycles. The van der Waals surface area contributed by atoms with Crippen LogP contribution in [0.3, 0.4) is 0 Å². The molecule has 1 fully saturated rings. The van der Waals surface area contributed by atoms with E-state index in [1.54, 1.807) is 18.7 Å². The summed E-state index contributed by atoms with van der Waals surface area (Å²) in [4.78, 5) is 15.3. The molecule has 0 atom stereocenters. The van der Waals surface area contributed by atoms with E-state index >= 15 is 0 Å². The fourth-order valence-corrected chi connectivity index (χ4v) is 4.72. The van der Waals surface area contributed by atoms with Gasteiger partial charge in [-0.2, -0.15) is 4.37 Å². The molecule has 21 heavy (non-hydrogen) atoms. The van der Waals surface area contributed by atoms with Crippen molar-refractivity contribution in [2.45, 2.75) is 25.2 Å². The van der Waals surface area contributed by atoms with Crippen molar-refractivity contribution < 1.29 is 13.2 Å². The van der Waals surface area contributed by atoms with Gasteiger partial charge in [0, 0.05) is 33.1 Å². The molecule has 0 unspecified atom stereocenters. The zero-order chi connectivity index (χ0) is 15.6. The van der Waals surface area contributed by atoms with Crippen LogP contribution in [0.5, 0.6) is 0 Å². The van der Waals surface area contributed by atoms with Gasteiger partial charge in [0.1, 0.15) is 9.90 Å². The summed E-state index contributed by atoms with van der Waals surface area (Å²) in [5.74, 6) is 0.113. The Morgan fingerprint density at radius 2 is 2.05 bits per heavy atom.